The van der Waals surface area contributed by atoms with Crippen LogP contribution in [-0.2, 0) is 17.8 Å². The van der Waals surface area contributed by atoms with Crippen LogP contribution < -0.4 is 4.90 Å². The molecule has 1 fully saturated rings. The first-order valence-electron chi connectivity index (χ1n) is 10.3. The summed E-state index contributed by atoms with van der Waals surface area (Å²) in [7, 11) is 0. The van der Waals surface area contributed by atoms with Gasteiger partial charge in [0.1, 0.15) is 0 Å². The average Bonchev–Trinajstić information content (AvgIpc) is 3.15. The third kappa shape index (κ3) is 4.09. The monoisotopic (exact) mass is 393 g/mol. The maximum absolute atomic E-state index is 13.5. The van der Waals surface area contributed by atoms with Crippen LogP contribution >= 0.6 is 11.3 Å². The van der Waals surface area contributed by atoms with Crippen molar-refractivity contribution in [3.63, 3.8) is 0 Å². The Morgan fingerprint density at radius 2 is 1.96 bits per heavy atom. The first-order chi connectivity index (χ1) is 13.6. The number of carbonyl (C=O) groups excluding carboxylic acids is 1. The van der Waals surface area contributed by atoms with Gasteiger partial charge in [0.05, 0.1) is 16.8 Å². The molecule has 28 heavy (non-hydrogen) atoms. The fourth-order valence-corrected chi connectivity index (χ4v) is 5.02. The van der Waals surface area contributed by atoms with E-state index >= 15 is 0 Å². The second-order valence-corrected chi connectivity index (χ2v) is 8.79. The van der Waals surface area contributed by atoms with E-state index in [0.717, 1.165) is 58.6 Å². The molecule has 5 heteroatoms. The first-order valence-corrected chi connectivity index (χ1v) is 11.1. The van der Waals surface area contributed by atoms with E-state index in [1.807, 2.05) is 24.2 Å². The molecule has 1 aliphatic rings. The van der Waals surface area contributed by atoms with Crippen LogP contribution in [0.2, 0.25) is 0 Å². The maximum Gasteiger partial charge on any atom is 0.232 e. The van der Waals surface area contributed by atoms with Gasteiger partial charge in [-0.25, -0.2) is 4.98 Å². The fraction of sp³-hybridized carbons (Fsp3) is 0.435. The maximum atomic E-state index is 13.5. The van der Waals surface area contributed by atoms with Crippen molar-refractivity contribution in [2.24, 2.45) is 5.92 Å². The molecule has 0 atom stereocenters. The normalized spacial score (nSPS) is 15.1. The molecular weight excluding hydrogens is 366 g/mol. The van der Waals surface area contributed by atoms with E-state index in [0.29, 0.717) is 6.54 Å². The van der Waals surface area contributed by atoms with E-state index in [4.69, 9.17) is 4.98 Å². The molecular formula is C23H27N3OS. The molecule has 2 heterocycles. The number of amides is 1. The number of anilines is 1. The van der Waals surface area contributed by atoms with Crippen molar-refractivity contribution in [1.29, 1.82) is 0 Å². The van der Waals surface area contributed by atoms with Gasteiger partial charge in [-0.2, -0.15) is 0 Å². The molecule has 0 saturated heterocycles. The average molecular weight is 394 g/mol. The Morgan fingerprint density at radius 3 is 2.71 bits per heavy atom. The molecule has 4 nitrogen and oxygen atoms in total. The van der Waals surface area contributed by atoms with E-state index in [1.165, 1.54) is 12.0 Å². The number of hydrogen-bond acceptors (Lipinski definition) is 4. The summed E-state index contributed by atoms with van der Waals surface area (Å²) in [6.45, 7) is 4.73. The summed E-state index contributed by atoms with van der Waals surface area (Å²) in [6.07, 6.45) is 10.2. The Kier molecular flexibility index (Phi) is 5.72. The second-order valence-electron chi connectivity index (χ2n) is 7.78. The SMILES string of the molecule is CCc1ccc2nc(N(Cc3cncc(C)c3)C(=O)C3CCCCC3)sc2c1. The number of fused-ring (bicyclic) bond motifs is 1. The lowest BCUT2D eigenvalue weighted by molar-refractivity contribution is -0.123. The number of nitrogens with zero attached hydrogens (tertiary/aromatic N) is 3. The predicted molar refractivity (Wildman–Crippen MR) is 116 cm³/mol. The number of aromatic nitrogens is 2. The summed E-state index contributed by atoms with van der Waals surface area (Å²) in [5.74, 6) is 0.334. The zero-order valence-corrected chi connectivity index (χ0v) is 17.5. The quantitative estimate of drug-likeness (QED) is 0.560. The molecule has 1 aromatic carbocycles. The summed E-state index contributed by atoms with van der Waals surface area (Å²) in [5, 5.41) is 0.806. The Balaban J connectivity index is 1.70. The summed E-state index contributed by atoms with van der Waals surface area (Å²) in [4.78, 5) is 24.5. The van der Waals surface area contributed by atoms with Crippen LogP contribution in [0.5, 0.6) is 0 Å². The van der Waals surface area contributed by atoms with E-state index in [9.17, 15) is 4.79 Å². The van der Waals surface area contributed by atoms with Crippen molar-refractivity contribution >= 4 is 32.6 Å². The molecule has 0 spiro atoms. The third-order valence-corrected chi connectivity index (χ3v) is 6.61. The van der Waals surface area contributed by atoms with Crippen molar-refractivity contribution in [2.45, 2.75) is 58.9 Å². The summed E-state index contributed by atoms with van der Waals surface area (Å²) >= 11 is 1.62. The topological polar surface area (TPSA) is 46.1 Å². The molecule has 0 N–H and O–H groups in total. The molecule has 3 aromatic rings. The highest BCUT2D eigenvalue weighted by molar-refractivity contribution is 7.22. The van der Waals surface area contributed by atoms with Crippen LogP contribution in [0.1, 0.15) is 55.7 Å². The van der Waals surface area contributed by atoms with E-state index < -0.39 is 0 Å². The molecule has 0 radical (unpaired) electrons. The van der Waals surface area contributed by atoms with Gasteiger partial charge in [0.25, 0.3) is 0 Å². The lowest BCUT2D eigenvalue weighted by atomic mass is 9.88. The standard InChI is InChI=1S/C23H27N3OS/c1-3-17-9-10-20-21(12-17)28-23(25-20)26(15-18-11-16(2)13-24-14-18)22(27)19-7-5-4-6-8-19/h9-14,19H,3-8,15H2,1-2H3. The van der Waals surface area contributed by atoms with Crippen LogP contribution in [0, 0.1) is 12.8 Å². The Hall–Kier alpha value is -2.27. The Morgan fingerprint density at radius 1 is 1.14 bits per heavy atom. The molecule has 1 amide bonds. The third-order valence-electron chi connectivity index (χ3n) is 5.57. The predicted octanol–water partition coefficient (Wildman–Crippen LogP) is 5.68. The van der Waals surface area contributed by atoms with Gasteiger partial charge in [0.15, 0.2) is 5.13 Å². The number of hydrogen-bond donors (Lipinski definition) is 0. The molecule has 146 valence electrons. The number of thiazole rings is 1. The minimum absolute atomic E-state index is 0.115. The Bertz CT molecular complexity index is 975. The van der Waals surface area contributed by atoms with Crippen molar-refractivity contribution in [3.05, 3.63) is 53.3 Å². The molecule has 0 aliphatic heterocycles. The van der Waals surface area contributed by atoms with Gasteiger partial charge in [-0.05, 0) is 55.0 Å². The highest BCUT2D eigenvalue weighted by Gasteiger charge is 2.29. The summed E-state index contributed by atoms with van der Waals surface area (Å²) in [6, 6.07) is 8.51. The second kappa shape index (κ2) is 8.39. The molecule has 1 saturated carbocycles. The van der Waals surface area contributed by atoms with Gasteiger partial charge in [-0.3, -0.25) is 14.7 Å². The van der Waals surface area contributed by atoms with E-state index in [2.05, 4.69) is 36.2 Å². The van der Waals surface area contributed by atoms with Crippen molar-refractivity contribution in [2.75, 3.05) is 4.90 Å². The van der Waals surface area contributed by atoms with E-state index in [1.54, 1.807) is 11.3 Å². The summed E-state index contributed by atoms with van der Waals surface area (Å²) in [5.41, 5.74) is 4.44. The molecule has 0 bridgehead atoms. The van der Waals surface area contributed by atoms with Gasteiger partial charge < -0.3 is 0 Å². The highest BCUT2D eigenvalue weighted by atomic mass is 32.1. The number of pyridine rings is 1. The lowest BCUT2D eigenvalue weighted by Gasteiger charge is -2.27. The van der Waals surface area contributed by atoms with Crippen LogP contribution in [0.15, 0.2) is 36.7 Å². The summed E-state index contributed by atoms with van der Waals surface area (Å²) < 4.78 is 1.15. The molecule has 4 rings (SSSR count). The largest absolute Gasteiger partial charge is 0.283 e. The number of rotatable bonds is 5. The van der Waals surface area contributed by atoms with Gasteiger partial charge in [-0.15, -0.1) is 0 Å². The zero-order chi connectivity index (χ0) is 19.5. The smallest absolute Gasteiger partial charge is 0.232 e. The van der Waals surface area contributed by atoms with Crippen molar-refractivity contribution in [1.82, 2.24) is 9.97 Å². The number of carbonyl (C=O) groups is 1. The van der Waals surface area contributed by atoms with Crippen LogP contribution in [0.4, 0.5) is 5.13 Å². The van der Waals surface area contributed by atoms with Gasteiger partial charge in [0.2, 0.25) is 5.91 Å². The molecule has 2 aromatic heterocycles. The van der Waals surface area contributed by atoms with Gasteiger partial charge >= 0.3 is 0 Å². The van der Waals surface area contributed by atoms with Gasteiger partial charge in [0, 0.05) is 18.3 Å². The molecule has 1 aliphatic carbocycles. The fourth-order valence-electron chi connectivity index (χ4n) is 3.99. The number of benzene rings is 1. The van der Waals surface area contributed by atoms with E-state index in [-0.39, 0.29) is 11.8 Å². The van der Waals surface area contributed by atoms with Crippen LogP contribution in [-0.4, -0.2) is 15.9 Å². The highest BCUT2D eigenvalue weighted by Crippen LogP contribution is 2.34. The van der Waals surface area contributed by atoms with Crippen LogP contribution in [0.25, 0.3) is 10.2 Å². The zero-order valence-electron chi connectivity index (χ0n) is 16.6. The van der Waals surface area contributed by atoms with Crippen molar-refractivity contribution < 1.29 is 4.79 Å². The number of aryl methyl sites for hydroxylation is 2. The molecule has 0 unspecified atom stereocenters. The van der Waals surface area contributed by atoms with Crippen molar-refractivity contribution in [3.8, 4) is 0 Å². The minimum Gasteiger partial charge on any atom is -0.283 e. The first kappa shape index (κ1) is 19.1. The van der Waals surface area contributed by atoms with Crippen LogP contribution in [0.3, 0.4) is 0 Å². The minimum atomic E-state index is 0.115. The lowest BCUT2D eigenvalue weighted by Crippen LogP contribution is -2.36. The van der Waals surface area contributed by atoms with Gasteiger partial charge in [-0.1, -0.05) is 49.7 Å². The Labute approximate surface area is 170 Å².